The van der Waals surface area contributed by atoms with Gasteiger partial charge in [-0.15, -0.1) is 0 Å². The molecule has 7 heteroatoms. The van der Waals surface area contributed by atoms with E-state index in [9.17, 15) is 9.59 Å². The van der Waals surface area contributed by atoms with Crippen molar-refractivity contribution in [1.82, 2.24) is 24.8 Å². The lowest BCUT2D eigenvalue weighted by atomic mass is 10.2. The summed E-state index contributed by atoms with van der Waals surface area (Å²) in [7, 11) is 0. The summed E-state index contributed by atoms with van der Waals surface area (Å²) in [4.78, 5) is 36.4. The molecule has 1 aromatic carbocycles. The lowest BCUT2D eigenvalue weighted by Gasteiger charge is -2.22. The molecule has 2 aromatic heterocycles. The number of nitrogens with one attached hydrogen (secondary N) is 1. The number of fused-ring (bicyclic) bond motifs is 1. The van der Waals surface area contributed by atoms with Crippen molar-refractivity contribution < 1.29 is 9.59 Å². The number of carbonyl (C=O) groups is 2. The number of hydrogen-bond donors (Lipinski definition) is 1. The second kappa shape index (κ2) is 9.07. The Balaban J connectivity index is 1.59. The number of carbonyl (C=O) groups excluding carboxylic acids is 2. The lowest BCUT2D eigenvalue weighted by molar-refractivity contribution is -0.131. The predicted octanol–water partition coefficient (Wildman–Crippen LogP) is 3.32. The molecule has 7 nitrogen and oxygen atoms in total. The summed E-state index contributed by atoms with van der Waals surface area (Å²) in [5.41, 5.74) is 2.07. The van der Waals surface area contributed by atoms with Gasteiger partial charge in [0.2, 0.25) is 5.91 Å². The fraction of sp³-hybridized carbons (Fsp3) is 0.391. The van der Waals surface area contributed by atoms with Crippen molar-refractivity contribution in [2.24, 2.45) is 0 Å². The number of pyridine rings is 1. The van der Waals surface area contributed by atoms with E-state index in [2.05, 4.69) is 10.3 Å². The molecule has 4 rings (SSSR count). The Morgan fingerprint density at radius 1 is 1.03 bits per heavy atom. The van der Waals surface area contributed by atoms with Crippen molar-refractivity contribution in [3.8, 4) is 0 Å². The molecule has 1 atom stereocenters. The standard InChI is InChI=1S/C23H27N5O2/c1-17(25-23(30)19-11-6-7-13-24-19)22-26-18-10-4-5-12-20(18)28(22)16-21(29)27-14-8-2-3-9-15-27/h4-7,10-13,17H,2-3,8-9,14-16H2,1H3,(H,25,30). The van der Waals surface area contributed by atoms with Gasteiger partial charge in [-0.3, -0.25) is 14.6 Å². The Kier molecular flexibility index (Phi) is 6.07. The molecule has 156 valence electrons. The van der Waals surface area contributed by atoms with E-state index in [0.29, 0.717) is 11.5 Å². The third-order valence-corrected chi connectivity index (χ3v) is 5.57. The Morgan fingerprint density at radius 2 is 1.77 bits per heavy atom. The van der Waals surface area contributed by atoms with Crippen LogP contribution in [0.5, 0.6) is 0 Å². The van der Waals surface area contributed by atoms with Crippen LogP contribution < -0.4 is 5.32 Å². The first-order valence-corrected chi connectivity index (χ1v) is 10.6. The maximum atomic E-state index is 13.1. The van der Waals surface area contributed by atoms with Crippen LogP contribution in [0.3, 0.4) is 0 Å². The van der Waals surface area contributed by atoms with Gasteiger partial charge in [-0.05, 0) is 44.0 Å². The van der Waals surface area contributed by atoms with Gasteiger partial charge < -0.3 is 14.8 Å². The number of amides is 2. The quantitative estimate of drug-likeness (QED) is 0.706. The van der Waals surface area contributed by atoms with E-state index in [1.807, 2.05) is 40.7 Å². The van der Waals surface area contributed by atoms with Gasteiger partial charge >= 0.3 is 0 Å². The van der Waals surface area contributed by atoms with Gasteiger partial charge in [0.25, 0.3) is 5.91 Å². The highest BCUT2D eigenvalue weighted by molar-refractivity contribution is 5.92. The summed E-state index contributed by atoms with van der Waals surface area (Å²) in [6, 6.07) is 12.6. The van der Waals surface area contributed by atoms with E-state index in [0.717, 1.165) is 37.0 Å². The number of benzene rings is 1. The highest BCUT2D eigenvalue weighted by atomic mass is 16.2. The van der Waals surface area contributed by atoms with Crippen LogP contribution >= 0.6 is 0 Å². The normalized spacial score (nSPS) is 15.6. The number of hydrogen-bond acceptors (Lipinski definition) is 4. The number of aromatic nitrogens is 3. The van der Waals surface area contributed by atoms with E-state index >= 15 is 0 Å². The van der Waals surface area contributed by atoms with Crippen molar-refractivity contribution >= 4 is 22.8 Å². The minimum atomic E-state index is -0.371. The Hall–Kier alpha value is -3.22. The largest absolute Gasteiger partial charge is 0.341 e. The monoisotopic (exact) mass is 405 g/mol. The summed E-state index contributed by atoms with van der Waals surface area (Å²) >= 11 is 0. The number of nitrogens with zero attached hydrogens (tertiary/aromatic N) is 4. The zero-order chi connectivity index (χ0) is 20.9. The third kappa shape index (κ3) is 4.35. The van der Waals surface area contributed by atoms with Crippen LogP contribution in [0.1, 0.15) is 55.0 Å². The van der Waals surface area contributed by atoms with Crippen molar-refractivity contribution in [3.63, 3.8) is 0 Å². The first kappa shape index (κ1) is 20.1. The van der Waals surface area contributed by atoms with E-state index in [1.54, 1.807) is 24.4 Å². The SMILES string of the molecule is CC(NC(=O)c1ccccn1)c1nc2ccccc2n1CC(=O)N1CCCCCC1. The first-order chi connectivity index (χ1) is 14.6. The van der Waals surface area contributed by atoms with Crippen LogP contribution in [0.25, 0.3) is 11.0 Å². The Bertz CT molecular complexity index is 1020. The Morgan fingerprint density at radius 3 is 2.50 bits per heavy atom. The zero-order valence-corrected chi connectivity index (χ0v) is 17.3. The molecule has 1 aliphatic heterocycles. The minimum absolute atomic E-state index is 0.101. The van der Waals surface area contributed by atoms with E-state index in [4.69, 9.17) is 4.98 Å². The molecule has 1 saturated heterocycles. The van der Waals surface area contributed by atoms with Crippen LogP contribution in [0.2, 0.25) is 0 Å². The molecule has 3 heterocycles. The molecule has 1 unspecified atom stereocenters. The maximum Gasteiger partial charge on any atom is 0.270 e. The molecule has 30 heavy (non-hydrogen) atoms. The highest BCUT2D eigenvalue weighted by Gasteiger charge is 2.23. The zero-order valence-electron chi connectivity index (χ0n) is 17.3. The predicted molar refractivity (Wildman–Crippen MR) is 115 cm³/mol. The van der Waals surface area contributed by atoms with Crippen LogP contribution in [0, 0.1) is 0 Å². The number of imidazole rings is 1. The van der Waals surface area contributed by atoms with Gasteiger partial charge in [-0.25, -0.2) is 4.98 Å². The van der Waals surface area contributed by atoms with Gasteiger partial charge in [-0.2, -0.15) is 0 Å². The molecule has 1 N–H and O–H groups in total. The van der Waals surface area contributed by atoms with Gasteiger partial charge in [0, 0.05) is 19.3 Å². The average Bonchev–Trinajstić information content (AvgIpc) is 2.93. The molecule has 3 aromatic rings. The second-order valence-electron chi connectivity index (χ2n) is 7.75. The Labute approximate surface area is 176 Å². The van der Waals surface area contributed by atoms with Gasteiger partial charge in [0.05, 0.1) is 17.1 Å². The highest BCUT2D eigenvalue weighted by Crippen LogP contribution is 2.22. The summed E-state index contributed by atoms with van der Waals surface area (Å²) in [5, 5.41) is 2.97. The molecule has 0 bridgehead atoms. The molecular formula is C23H27N5O2. The molecule has 1 aliphatic rings. The fourth-order valence-corrected chi connectivity index (χ4v) is 3.98. The molecule has 0 spiro atoms. The molecule has 1 fully saturated rings. The van der Waals surface area contributed by atoms with Gasteiger partial charge in [0.1, 0.15) is 18.1 Å². The molecule has 2 amide bonds. The summed E-state index contributed by atoms with van der Waals surface area (Å²) in [6.45, 7) is 3.73. The maximum absolute atomic E-state index is 13.1. The molecular weight excluding hydrogens is 378 g/mol. The van der Waals surface area contributed by atoms with Crippen molar-refractivity contribution in [2.45, 2.75) is 45.2 Å². The lowest BCUT2D eigenvalue weighted by Crippen LogP contribution is -2.36. The minimum Gasteiger partial charge on any atom is -0.341 e. The smallest absolute Gasteiger partial charge is 0.270 e. The van der Waals surface area contributed by atoms with Gasteiger partial charge in [-0.1, -0.05) is 31.0 Å². The first-order valence-electron chi connectivity index (χ1n) is 10.6. The van der Waals surface area contributed by atoms with Gasteiger partial charge in [0.15, 0.2) is 0 Å². The van der Waals surface area contributed by atoms with E-state index in [-0.39, 0.29) is 24.4 Å². The number of para-hydroxylation sites is 2. The second-order valence-corrected chi connectivity index (χ2v) is 7.75. The number of likely N-dealkylation sites (tertiary alicyclic amines) is 1. The summed E-state index contributed by atoms with van der Waals surface area (Å²) < 4.78 is 1.94. The summed E-state index contributed by atoms with van der Waals surface area (Å²) in [6.07, 6.45) is 6.06. The van der Waals surface area contributed by atoms with Crippen molar-refractivity contribution in [3.05, 3.63) is 60.2 Å². The van der Waals surface area contributed by atoms with Crippen LogP contribution in [-0.2, 0) is 11.3 Å². The van der Waals surface area contributed by atoms with Crippen molar-refractivity contribution in [2.75, 3.05) is 13.1 Å². The molecule has 0 aliphatic carbocycles. The van der Waals surface area contributed by atoms with E-state index < -0.39 is 0 Å². The average molecular weight is 406 g/mol. The molecule has 0 saturated carbocycles. The number of rotatable bonds is 5. The van der Waals surface area contributed by atoms with Crippen LogP contribution in [0.15, 0.2) is 48.7 Å². The van der Waals surface area contributed by atoms with E-state index in [1.165, 1.54) is 12.8 Å². The summed E-state index contributed by atoms with van der Waals surface area (Å²) in [5.74, 6) is 0.508. The van der Waals surface area contributed by atoms with Crippen molar-refractivity contribution in [1.29, 1.82) is 0 Å². The topological polar surface area (TPSA) is 80.1 Å². The third-order valence-electron chi connectivity index (χ3n) is 5.57. The van der Waals surface area contributed by atoms with Crippen LogP contribution in [0.4, 0.5) is 0 Å². The molecule has 0 radical (unpaired) electrons. The fourth-order valence-electron chi connectivity index (χ4n) is 3.98. The van der Waals surface area contributed by atoms with Crippen LogP contribution in [-0.4, -0.2) is 44.3 Å².